The summed E-state index contributed by atoms with van der Waals surface area (Å²) in [5.41, 5.74) is 2.23. The van der Waals surface area contributed by atoms with Gasteiger partial charge in [0, 0.05) is 36.4 Å². The lowest BCUT2D eigenvalue weighted by atomic mass is 10.1. The molecule has 0 saturated carbocycles. The van der Waals surface area contributed by atoms with E-state index in [9.17, 15) is 9.18 Å². The molecule has 4 rings (SSSR count). The molecule has 0 bridgehead atoms. The number of pyridine rings is 1. The molecule has 0 aliphatic carbocycles. The summed E-state index contributed by atoms with van der Waals surface area (Å²) >= 11 is 12.5. The number of aromatic nitrogens is 3. The van der Waals surface area contributed by atoms with Crippen LogP contribution < -0.4 is 0 Å². The zero-order valence-electron chi connectivity index (χ0n) is 16.0. The number of para-hydroxylation sites is 1. The number of aryl methyl sites for hydroxylation is 1. The predicted molar refractivity (Wildman–Crippen MR) is 115 cm³/mol. The highest BCUT2D eigenvalue weighted by atomic mass is 35.5. The highest BCUT2D eigenvalue weighted by Crippen LogP contribution is 2.25. The van der Waals surface area contributed by atoms with Crippen molar-refractivity contribution in [3.05, 3.63) is 93.6 Å². The van der Waals surface area contributed by atoms with Crippen molar-refractivity contribution in [2.45, 2.75) is 13.1 Å². The van der Waals surface area contributed by atoms with Crippen LogP contribution in [0.1, 0.15) is 21.6 Å². The number of carbonyl (C=O) groups excluding carboxylic acids is 1. The van der Waals surface area contributed by atoms with E-state index in [1.165, 1.54) is 12.1 Å². The first-order valence-electron chi connectivity index (χ1n) is 9.17. The minimum atomic E-state index is -0.437. The van der Waals surface area contributed by atoms with Crippen molar-refractivity contribution in [1.82, 2.24) is 19.7 Å². The highest BCUT2D eigenvalue weighted by Gasteiger charge is 2.22. The molecule has 0 fully saturated rings. The third-order valence-electron chi connectivity index (χ3n) is 4.72. The van der Waals surface area contributed by atoms with Gasteiger partial charge in [0.05, 0.1) is 22.6 Å². The first-order valence-corrected chi connectivity index (χ1v) is 9.93. The summed E-state index contributed by atoms with van der Waals surface area (Å²) in [6, 6.07) is 13.3. The molecule has 30 heavy (non-hydrogen) atoms. The second-order valence-corrected chi connectivity index (χ2v) is 7.69. The van der Waals surface area contributed by atoms with Gasteiger partial charge in [-0.3, -0.25) is 14.5 Å². The molecule has 0 atom stereocenters. The minimum absolute atomic E-state index is 0.161. The van der Waals surface area contributed by atoms with Crippen LogP contribution in [0.5, 0.6) is 0 Å². The van der Waals surface area contributed by atoms with Crippen LogP contribution in [-0.4, -0.2) is 25.6 Å². The van der Waals surface area contributed by atoms with Gasteiger partial charge < -0.3 is 4.90 Å². The molecule has 0 aliphatic rings. The van der Waals surface area contributed by atoms with Crippen LogP contribution in [0.4, 0.5) is 4.39 Å². The summed E-state index contributed by atoms with van der Waals surface area (Å²) in [6.45, 7) is 0.323. The van der Waals surface area contributed by atoms with Gasteiger partial charge >= 0.3 is 0 Å². The van der Waals surface area contributed by atoms with Crippen molar-refractivity contribution in [3.63, 3.8) is 0 Å². The summed E-state index contributed by atoms with van der Waals surface area (Å²) in [6.07, 6.45) is 3.32. The number of hydrogen-bond donors (Lipinski definition) is 0. The van der Waals surface area contributed by atoms with Gasteiger partial charge in [0.15, 0.2) is 0 Å². The fourth-order valence-corrected chi connectivity index (χ4v) is 3.76. The Labute approximate surface area is 182 Å². The number of rotatable bonds is 5. The van der Waals surface area contributed by atoms with Crippen molar-refractivity contribution >= 4 is 40.0 Å². The maximum atomic E-state index is 13.6. The van der Waals surface area contributed by atoms with E-state index in [1.54, 1.807) is 41.2 Å². The van der Waals surface area contributed by atoms with Gasteiger partial charge in [0.1, 0.15) is 11.5 Å². The lowest BCUT2D eigenvalue weighted by Crippen LogP contribution is -2.31. The Bertz CT molecular complexity index is 1240. The van der Waals surface area contributed by atoms with Crippen molar-refractivity contribution in [2.75, 3.05) is 0 Å². The molecule has 0 radical (unpaired) electrons. The molecule has 152 valence electrons. The van der Waals surface area contributed by atoms with E-state index < -0.39 is 5.82 Å². The number of halogens is 3. The average molecular weight is 443 g/mol. The maximum absolute atomic E-state index is 13.6. The highest BCUT2D eigenvalue weighted by molar-refractivity contribution is 6.31. The summed E-state index contributed by atoms with van der Waals surface area (Å²) in [7, 11) is 1.76. The van der Waals surface area contributed by atoms with E-state index in [2.05, 4.69) is 10.1 Å². The molecule has 0 aliphatic heterocycles. The first-order chi connectivity index (χ1) is 14.4. The maximum Gasteiger partial charge on any atom is 0.256 e. The van der Waals surface area contributed by atoms with Crippen LogP contribution in [0.2, 0.25) is 10.0 Å². The smallest absolute Gasteiger partial charge is 0.256 e. The summed E-state index contributed by atoms with van der Waals surface area (Å²) < 4.78 is 15.1. The zero-order chi connectivity index (χ0) is 21.3. The van der Waals surface area contributed by atoms with Gasteiger partial charge in [-0.05, 0) is 29.8 Å². The molecular weight excluding hydrogens is 426 g/mol. The Balaban J connectivity index is 1.75. The van der Waals surface area contributed by atoms with Gasteiger partial charge in [0.25, 0.3) is 5.91 Å². The summed E-state index contributed by atoms with van der Waals surface area (Å²) in [5, 5.41) is 5.91. The van der Waals surface area contributed by atoms with Crippen molar-refractivity contribution in [2.24, 2.45) is 7.05 Å². The molecular formula is C22H17Cl2FN4O. The van der Waals surface area contributed by atoms with Gasteiger partial charge in [0.2, 0.25) is 0 Å². The lowest BCUT2D eigenvalue weighted by Gasteiger charge is -2.23. The standard InChI is InChI=1S/C22H17Cl2FN4O/c1-28-12-19(24)20(27-28)13-29(11-15-7-8-16(25)10-18(15)23)22(30)17-6-2-4-14-5-3-9-26-21(14)17/h2-10,12H,11,13H2,1H3. The Morgan fingerprint density at radius 3 is 2.63 bits per heavy atom. The second-order valence-electron chi connectivity index (χ2n) is 6.88. The molecule has 2 aromatic carbocycles. The third kappa shape index (κ3) is 4.15. The van der Waals surface area contributed by atoms with Crippen LogP contribution >= 0.6 is 23.2 Å². The fraction of sp³-hybridized carbons (Fsp3) is 0.136. The molecule has 0 saturated heterocycles. The van der Waals surface area contributed by atoms with Gasteiger partial charge in [-0.1, -0.05) is 47.5 Å². The molecule has 5 nitrogen and oxygen atoms in total. The zero-order valence-corrected chi connectivity index (χ0v) is 17.5. The van der Waals surface area contributed by atoms with Gasteiger partial charge in [-0.2, -0.15) is 5.10 Å². The largest absolute Gasteiger partial charge is 0.328 e. The van der Waals surface area contributed by atoms with Crippen molar-refractivity contribution in [1.29, 1.82) is 0 Å². The second kappa shape index (κ2) is 8.42. The minimum Gasteiger partial charge on any atom is -0.328 e. The Morgan fingerprint density at radius 1 is 1.10 bits per heavy atom. The van der Waals surface area contributed by atoms with Crippen molar-refractivity contribution in [3.8, 4) is 0 Å². The number of nitrogens with zero attached hydrogens (tertiary/aromatic N) is 4. The number of amides is 1. The fourth-order valence-electron chi connectivity index (χ4n) is 3.30. The van der Waals surface area contributed by atoms with E-state index in [0.29, 0.717) is 27.4 Å². The molecule has 2 heterocycles. The molecule has 0 spiro atoms. The lowest BCUT2D eigenvalue weighted by molar-refractivity contribution is 0.0729. The molecule has 4 aromatic rings. The Morgan fingerprint density at radius 2 is 1.90 bits per heavy atom. The SMILES string of the molecule is Cn1cc(Cl)c(CN(Cc2ccc(F)cc2Cl)C(=O)c2cccc3cccnc23)n1. The van der Waals surface area contributed by atoms with E-state index in [1.807, 2.05) is 24.3 Å². The average Bonchev–Trinajstić information content (AvgIpc) is 3.05. The molecule has 2 aromatic heterocycles. The van der Waals surface area contributed by atoms with Crippen LogP contribution in [0.15, 0.2) is 60.9 Å². The van der Waals surface area contributed by atoms with Gasteiger partial charge in [-0.15, -0.1) is 0 Å². The summed E-state index contributed by atoms with van der Waals surface area (Å²) in [5.74, 6) is -0.686. The monoisotopic (exact) mass is 442 g/mol. The van der Waals surface area contributed by atoms with Gasteiger partial charge in [-0.25, -0.2) is 4.39 Å². The number of carbonyl (C=O) groups is 1. The van der Waals surface area contributed by atoms with Crippen LogP contribution in [-0.2, 0) is 20.1 Å². The van der Waals surface area contributed by atoms with E-state index in [4.69, 9.17) is 23.2 Å². The van der Waals surface area contributed by atoms with E-state index in [-0.39, 0.29) is 24.0 Å². The van der Waals surface area contributed by atoms with E-state index in [0.717, 1.165) is 5.39 Å². The Hall–Kier alpha value is -2.96. The quantitative estimate of drug-likeness (QED) is 0.423. The Kier molecular flexibility index (Phi) is 5.70. The topological polar surface area (TPSA) is 51.0 Å². The van der Waals surface area contributed by atoms with Crippen LogP contribution in [0, 0.1) is 5.82 Å². The van der Waals surface area contributed by atoms with Crippen LogP contribution in [0.3, 0.4) is 0 Å². The van der Waals surface area contributed by atoms with Crippen molar-refractivity contribution < 1.29 is 9.18 Å². The molecule has 0 N–H and O–H groups in total. The summed E-state index contributed by atoms with van der Waals surface area (Å²) in [4.78, 5) is 19.5. The normalized spacial score (nSPS) is 11.1. The third-order valence-corrected chi connectivity index (χ3v) is 5.39. The first kappa shape index (κ1) is 20.3. The predicted octanol–water partition coefficient (Wildman–Crippen LogP) is 5.26. The number of benzene rings is 2. The molecule has 1 amide bonds. The molecule has 0 unspecified atom stereocenters. The van der Waals surface area contributed by atoms with E-state index >= 15 is 0 Å². The van der Waals surface area contributed by atoms with Crippen LogP contribution in [0.25, 0.3) is 10.9 Å². The number of hydrogen-bond acceptors (Lipinski definition) is 3. The molecule has 8 heteroatoms. The number of fused-ring (bicyclic) bond motifs is 1.